The highest BCUT2D eigenvalue weighted by atomic mass is 15.0. The van der Waals surface area contributed by atoms with Crippen LogP contribution in [0.25, 0.3) is 0 Å². The van der Waals surface area contributed by atoms with Crippen molar-refractivity contribution in [2.24, 2.45) is 5.41 Å². The molecule has 0 bridgehead atoms. The number of benzene rings is 1. The fourth-order valence-corrected chi connectivity index (χ4v) is 3.00. The predicted molar refractivity (Wildman–Crippen MR) is 83.5 cm³/mol. The SMILES string of the molecule is CC(NC1CCCCC1c1ccccc1)C(C)(C)C. The molecule has 0 aromatic heterocycles. The molecule has 3 atom stereocenters. The van der Waals surface area contributed by atoms with Crippen LogP contribution in [0.2, 0.25) is 0 Å². The second kappa shape index (κ2) is 6.09. The Balaban J connectivity index is 2.09. The third-order valence-electron chi connectivity index (χ3n) is 4.76. The molecule has 19 heavy (non-hydrogen) atoms. The van der Waals surface area contributed by atoms with Gasteiger partial charge >= 0.3 is 0 Å². The lowest BCUT2D eigenvalue weighted by molar-refractivity contribution is 0.223. The lowest BCUT2D eigenvalue weighted by Crippen LogP contribution is -2.47. The molecule has 0 aliphatic heterocycles. The molecule has 1 aromatic rings. The monoisotopic (exact) mass is 259 g/mol. The molecular formula is C18H29N. The van der Waals surface area contributed by atoms with E-state index in [-0.39, 0.29) is 0 Å². The largest absolute Gasteiger partial charge is 0.310 e. The highest BCUT2D eigenvalue weighted by Crippen LogP contribution is 2.34. The lowest BCUT2D eigenvalue weighted by Gasteiger charge is -2.38. The zero-order valence-corrected chi connectivity index (χ0v) is 12.9. The van der Waals surface area contributed by atoms with E-state index in [4.69, 9.17) is 0 Å². The summed E-state index contributed by atoms with van der Waals surface area (Å²) < 4.78 is 0. The molecule has 0 saturated heterocycles. The average molecular weight is 259 g/mol. The summed E-state index contributed by atoms with van der Waals surface area (Å²) in [5, 5.41) is 3.91. The van der Waals surface area contributed by atoms with Gasteiger partial charge in [-0.05, 0) is 36.7 Å². The van der Waals surface area contributed by atoms with Gasteiger partial charge in [-0.3, -0.25) is 0 Å². The van der Waals surface area contributed by atoms with E-state index < -0.39 is 0 Å². The van der Waals surface area contributed by atoms with Crippen molar-refractivity contribution in [3.63, 3.8) is 0 Å². The van der Waals surface area contributed by atoms with Crippen LogP contribution in [-0.2, 0) is 0 Å². The first-order valence-corrected chi connectivity index (χ1v) is 7.79. The molecule has 2 rings (SSSR count). The minimum atomic E-state index is 0.332. The Hall–Kier alpha value is -0.820. The van der Waals surface area contributed by atoms with Crippen LogP contribution in [-0.4, -0.2) is 12.1 Å². The average Bonchev–Trinajstić information content (AvgIpc) is 2.39. The van der Waals surface area contributed by atoms with Crippen molar-refractivity contribution >= 4 is 0 Å². The van der Waals surface area contributed by atoms with Crippen molar-refractivity contribution in [3.05, 3.63) is 35.9 Å². The maximum absolute atomic E-state index is 3.91. The fraction of sp³-hybridized carbons (Fsp3) is 0.667. The van der Waals surface area contributed by atoms with Gasteiger partial charge in [0.15, 0.2) is 0 Å². The van der Waals surface area contributed by atoms with Gasteiger partial charge < -0.3 is 5.32 Å². The molecule has 106 valence electrons. The Labute approximate surface area is 118 Å². The number of nitrogens with one attached hydrogen (secondary N) is 1. The minimum absolute atomic E-state index is 0.332. The minimum Gasteiger partial charge on any atom is -0.310 e. The van der Waals surface area contributed by atoms with Gasteiger partial charge in [-0.25, -0.2) is 0 Å². The molecule has 3 unspecified atom stereocenters. The molecule has 1 nitrogen and oxygen atoms in total. The Kier molecular flexibility index (Phi) is 4.67. The summed E-state index contributed by atoms with van der Waals surface area (Å²) in [6.45, 7) is 9.30. The Morgan fingerprint density at radius 2 is 1.68 bits per heavy atom. The second-order valence-electron chi connectivity index (χ2n) is 7.16. The van der Waals surface area contributed by atoms with E-state index in [0.29, 0.717) is 23.4 Å². The highest BCUT2D eigenvalue weighted by Gasteiger charge is 2.30. The summed E-state index contributed by atoms with van der Waals surface area (Å²) >= 11 is 0. The third-order valence-corrected chi connectivity index (χ3v) is 4.76. The van der Waals surface area contributed by atoms with E-state index >= 15 is 0 Å². The maximum atomic E-state index is 3.91. The molecule has 1 aliphatic rings. The highest BCUT2D eigenvalue weighted by molar-refractivity contribution is 5.22. The number of hydrogen-bond donors (Lipinski definition) is 1. The van der Waals surface area contributed by atoms with Crippen molar-refractivity contribution in [3.8, 4) is 0 Å². The van der Waals surface area contributed by atoms with E-state index in [1.165, 1.54) is 31.2 Å². The van der Waals surface area contributed by atoms with Crippen LogP contribution in [0.3, 0.4) is 0 Å². The van der Waals surface area contributed by atoms with Gasteiger partial charge in [0.2, 0.25) is 0 Å². The molecule has 1 heteroatoms. The van der Waals surface area contributed by atoms with Gasteiger partial charge in [0.25, 0.3) is 0 Å². The van der Waals surface area contributed by atoms with Crippen molar-refractivity contribution in [1.82, 2.24) is 5.32 Å². The number of hydrogen-bond acceptors (Lipinski definition) is 1. The molecule has 0 heterocycles. The standard InChI is InChI=1S/C18H29N/c1-14(18(2,3)4)19-17-13-9-8-12-16(17)15-10-6-5-7-11-15/h5-7,10-11,14,16-17,19H,8-9,12-13H2,1-4H3. The van der Waals surface area contributed by atoms with Gasteiger partial charge in [-0.2, -0.15) is 0 Å². The lowest BCUT2D eigenvalue weighted by atomic mass is 9.78. The van der Waals surface area contributed by atoms with Crippen molar-refractivity contribution in [2.75, 3.05) is 0 Å². The maximum Gasteiger partial charge on any atom is 0.0138 e. The van der Waals surface area contributed by atoms with Gasteiger partial charge in [0.05, 0.1) is 0 Å². The topological polar surface area (TPSA) is 12.0 Å². The van der Waals surface area contributed by atoms with Gasteiger partial charge in [0.1, 0.15) is 0 Å². The molecule has 0 spiro atoms. The second-order valence-corrected chi connectivity index (χ2v) is 7.16. The fourth-order valence-electron chi connectivity index (χ4n) is 3.00. The van der Waals surface area contributed by atoms with Crippen LogP contribution >= 0.6 is 0 Å². The molecular weight excluding hydrogens is 230 g/mol. The molecule has 1 saturated carbocycles. The quantitative estimate of drug-likeness (QED) is 0.827. The summed E-state index contributed by atoms with van der Waals surface area (Å²) in [7, 11) is 0. The Morgan fingerprint density at radius 1 is 1.05 bits per heavy atom. The van der Waals surface area contributed by atoms with E-state index in [0.717, 1.165) is 0 Å². The summed E-state index contributed by atoms with van der Waals surface area (Å²) in [4.78, 5) is 0. The van der Waals surface area contributed by atoms with E-state index in [1.807, 2.05) is 0 Å². The van der Waals surface area contributed by atoms with Crippen LogP contribution in [0.1, 0.15) is 64.9 Å². The van der Waals surface area contributed by atoms with Crippen LogP contribution in [0.4, 0.5) is 0 Å². The predicted octanol–water partition coefficient (Wildman–Crippen LogP) is 4.74. The molecule has 0 amide bonds. The van der Waals surface area contributed by atoms with Crippen molar-refractivity contribution in [1.29, 1.82) is 0 Å². The zero-order chi connectivity index (χ0) is 13.9. The van der Waals surface area contributed by atoms with E-state index in [2.05, 4.69) is 63.3 Å². The first-order valence-electron chi connectivity index (χ1n) is 7.79. The third kappa shape index (κ3) is 3.82. The first kappa shape index (κ1) is 14.6. The normalized spacial score (nSPS) is 26.1. The van der Waals surface area contributed by atoms with Gasteiger partial charge in [-0.1, -0.05) is 63.9 Å². The van der Waals surface area contributed by atoms with Crippen LogP contribution in [0.5, 0.6) is 0 Å². The van der Waals surface area contributed by atoms with E-state index in [1.54, 1.807) is 0 Å². The van der Waals surface area contributed by atoms with Gasteiger partial charge in [0, 0.05) is 12.1 Å². The Morgan fingerprint density at radius 3 is 2.32 bits per heavy atom. The smallest absolute Gasteiger partial charge is 0.0138 e. The number of rotatable bonds is 3. The van der Waals surface area contributed by atoms with Gasteiger partial charge in [-0.15, -0.1) is 0 Å². The van der Waals surface area contributed by atoms with Crippen molar-refractivity contribution in [2.45, 2.75) is 71.4 Å². The molecule has 1 N–H and O–H groups in total. The molecule has 1 aromatic carbocycles. The van der Waals surface area contributed by atoms with E-state index in [9.17, 15) is 0 Å². The Bertz CT molecular complexity index is 376. The first-order chi connectivity index (χ1) is 8.98. The molecule has 1 fully saturated rings. The summed E-state index contributed by atoms with van der Waals surface area (Å²) in [6, 6.07) is 12.3. The van der Waals surface area contributed by atoms with Crippen LogP contribution in [0, 0.1) is 5.41 Å². The van der Waals surface area contributed by atoms with Crippen LogP contribution < -0.4 is 5.32 Å². The zero-order valence-electron chi connectivity index (χ0n) is 12.9. The summed E-state index contributed by atoms with van der Waals surface area (Å²) in [6.07, 6.45) is 5.40. The van der Waals surface area contributed by atoms with Crippen LogP contribution in [0.15, 0.2) is 30.3 Å². The van der Waals surface area contributed by atoms with Crippen molar-refractivity contribution < 1.29 is 0 Å². The molecule has 0 radical (unpaired) electrons. The summed E-state index contributed by atoms with van der Waals surface area (Å²) in [5.41, 5.74) is 1.85. The molecule has 1 aliphatic carbocycles. The summed E-state index contributed by atoms with van der Waals surface area (Å²) in [5.74, 6) is 0.694.